The van der Waals surface area contributed by atoms with Crippen LogP contribution in [0.2, 0.25) is 0 Å². The van der Waals surface area contributed by atoms with Crippen LogP contribution < -0.4 is 9.80 Å². The molecule has 0 aliphatic heterocycles. The maximum absolute atomic E-state index is 6.42. The summed E-state index contributed by atoms with van der Waals surface area (Å²) < 4.78 is 29.6. The van der Waals surface area contributed by atoms with Crippen molar-refractivity contribution in [2.24, 2.45) is 0 Å². The van der Waals surface area contributed by atoms with Gasteiger partial charge in [-0.1, -0.05) is 273 Å². The van der Waals surface area contributed by atoms with E-state index in [0.717, 1.165) is 178 Å². The molecule has 0 fully saturated rings. The van der Waals surface area contributed by atoms with Crippen LogP contribution in [0.3, 0.4) is 0 Å². The van der Waals surface area contributed by atoms with Gasteiger partial charge in [0.2, 0.25) is 0 Å². The molecule has 600 valence electrons. The second-order valence-corrected chi connectivity index (χ2v) is 33.0. The first kappa shape index (κ1) is 73.5. The Morgan fingerprint density at radius 1 is 0.148 bits per heavy atom. The Labute approximate surface area is 736 Å². The van der Waals surface area contributed by atoms with Gasteiger partial charge in [-0.15, -0.1) is 0 Å². The van der Waals surface area contributed by atoms with Crippen LogP contribution >= 0.6 is 0 Å². The van der Waals surface area contributed by atoms with E-state index in [9.17, 15) is 0 Å². The second-order valence-electron chi connectivity index (χ2n) is 33.0. The molecule has 26 aromatic rings. The fourth-order valence-electron chi connectivity index (χ4n) is 19.4. The molecule has 128 heavy (non-hydrogen) atoms. The highest BCUT2D eigenvalue weighted by Crippen LogP contribution is 2.46. The summed E-state index contributed by atoms with van der Waals surface area (Å²) in [5.74, 6) is 0. The van der Waals surface area contributed by atoms with E-state index in [-0.39, 0.29) is 0 Å². The van der Waals surface area contributed by atoms with E-state index in [4.69, 9.17) is 17.7 Å². The molecule has 0 radical (unpaired) electrons. The molecule has 0 bridgehead atoms. The van der Waals surface area contributed by atoms with Gasteiger partial charge in [0.1, 0.15) is 44.7 Å². The Balaban J connectivity index is 0.000000141. The zero-order valence-electron chi connectivity index (χ0n) is 69.3. The number of furan rings is 4. The Kier molecular flexibility index (Phi) is 17.5. The smallest absolute Gasteiger partial charge is 0.143 e. The van der Waals surface area contributed by atoms with Crippen LogP contribution in [0, 0.1) is 0 Å². The molecule has 0 unspecified atom stereocenters. The summed E-state index contributed by atoms with van der Waals surface area (Å²) in [5, 5.41) is 14.0. The van der Waals surface area contributed by atoms with E-state index in [1.54, 1.807) is 0 Å². The van der Waals surface area contributed by atoms with Gasteiger partial charge in [-0.3, -0.25) is 0 Å². The summed E-state index contributed by atoms with van der Waals surface area (Å²) in [4.78, 5) is 4.67. The topological polar surface area (TPSA) is 68.9 Å². The van der Waals surface area contributed by atoms with Gasteiger partial charge in [-0.25, -0.2) is 0 Å². The van der Waals surface area contributed by atoms with Crippen LogP contribution in [0.5, 0.6) is 0 Å². The molecule has 0 saturated heterocycles. The third-order valence-electron chi connectivity index (χ3n) is 25.7. The van der Waals surface area contributed by atoms with Crippen LogP contribution in [0.4, 0.5) is 34.1 Å². The van der Waals surface area contributed by atoms with Crippen LogP contribution in [-0.4, -0.2) is 9.13 Å². The molecular weight excluding hydrogens is 1560 g/mol. The summed E-state index contributed by atoms with van der Waals surface area (Å²) >= 11 is 0. The van der Waals surface area contributed by atoms with Crippen molar-refractivity contribution in [3.05, 3.63) is 461 Å². The molecule has 6 aromatic heterocycles. The van der Waals surface area contributed by atoms with Crippen molar-refractivity contribution in [3.63, 3.8) is 0 Å². The van der Waals surface area contributed by atoms with Crippen molar-refractivity contribution in [3.8, 4) is 78.1 Å². The van der Waals surface area contributed by atoms with E-state index in [2.05, 4.69) is 431 Å². The lowest BCUT2D eigenvalue weighted by Gasteiger charge is -2.26. The number of anilines is 6. The van der Waals surface area contributed by atoms with Crippen molar-refractivity contribution in [2.45, 2.75) is 0 Å². The Hall–Kier alpha value is -17.2. The van der Waals surface area contributed by atoms with Crippen molar-refractivity contribution in [2.75, 3.05) is 9.80 Å². The quantitative estimate of drug-likeness (QED) is 0.108. The first-order chi connectivity index (χ1) is 63.4. The summed E-state index contributed by atoms with van der Waals surface area (Å²) in [6, 6.07) is 165. The van der Waals surface area contributed by atoms with Crippen molar-refractivity contribution in [1.29, 1.82) is 0 Å². The third kappa shape index (κ3) is 12.7. The van der Waals surface area contributed by atoms with E-state index in [1.807, 2.05) is 48.5 Å². The van der Waals surface area contributed by atoms with Gasteiger partial charge in [0, 0.05) is 116 Å². The van der Waals surface area contributed by atoms with Crippen molar-refractivity contribution in [1.82, 2.24) is 9.13 Å². The summed E-state index contributed by atoms with van der Waals surface area (Å²) in [6.07, 6.45) is 0. The molecule has 0 N–H and O–H groups in total. The number of rotatable bonds is 14. The predicted octanol–water partition coefficient (Wildman–Crippen LogP) is 34.1. The largest absolute Gasteiger partial charge is 0.456 e. The van der Waals surface area contributed by atoms with Gasteiger partial charge in [-0.2, -0.15) is 0 Å². The summed E-state index contributed by atoms with van der Waals surface area (Å²) in [6.45, 7) is 0. The zero-order chi connectivity index (χ0) is 84.3. The predicted molar refractivity (Wildman–Crippen MR) is 533 cm³/mol. The molecule has 0 aliphatic rings. The lowest BCUT2D eigenvalue weighted by molar-refractivity contribution is 0.668. The highest BCUT2D eigenvalue weighted by atomic mass is 16.3. The monoisotopic (exact) mass is 1640 g/mol. The minimum atomic E-state index is 0.898. The minimum absolute atomic E-state index is 0.898. The van der Waals surface area contributed by atoms with E-state index in [0.29, 0.717) is 0 Å². The lowest BCUT2D eigenvalue weighted by Crippen LogP contribution is -2.10. The van der Waals surface area contributed by atoms with Gasteiger partial charge >= 0.3 is 0 Å². The number of aromatic nitrogens is 2. The van der Waals surface area contributed by atoms with Gasteiger partial charge < -0.3 is 36.6 Å². The first-order valence-electron chi connectivity index (χ1n) is 43.5. The van der Waals surface area contributed by atoms with E-state index >= 15 is 0 Å². The molecule has 8 heteroatoms. The fourth-order valence-corrected chi connectivity index (χ4v) is 19.4. The highest BCUT2D eigenvalue weighted by molar-refractivity contribution is 6.14. The van der Waals surface area contributed by atoms with Crippen LogP contribution in [0.25, 0.3) is 210 Å². The Morgan fingerprint density at radius 2 is 0.398 bits per heavy atom. The molecule has 0 amide bonds. The van der Waals surface area contributed by atoms with Gasteiger partial charge in [-0.05, 0) is 249 Å². The van der Waals surface area contributed by atoms with Crippen LogP contribution in [0.1, 0.15) is 0 Å². The number of benzene rings is 20. The van der Waals surface area contributed by atoms with Crippen LogP contribution in [-0.2, 0) is 0 Å². The number of fused-ring (bicyclic) bond motifs is 18. The highest BCUT2D eigenvalue weighted by Gasteiger charge is 2.23. The number of hydrogen-bond donors (Lipinski definition) is 0. The molecule has 6 heterocycles. The third-order valence-corrected chi connectivity index (χ3v) is 25.7. The molecule has 0 spiro atoms. The van der Waals surface area contributed by atoms with E-state index in [1.165, 1.54) is 66.0 Å². The molecule has 26 rings (SSSR count). The number of para-hydroxylation sites is 9. The van der Waals surface area contributed by atoms with E-state index < -0.39 is 0 Å². The average Bonchev–Trinajstić information content (AvgIpc) is 1.60. The molecule has 8 nitrogen and oxygen atoms in total. The number of hydrogen-bond acceptors (Lipinski definition) is 6. The average molecular weight is 1640 g/mol. The minimum Gasteiger partial charge on any atom is -0.456 e. The Bertz CT molecular complexity index is 8570. The fraction of sp³-hybridized carbons (Fsp3) is 0. The van der Waals surface area contributed by atoms with Crippen molar-refractivity contribution < 1.29 is 17.7 Å². The van der Waals surface area contributed by atoms with Crippen molar-refractivity contribution >= 4 is 165 Å². The first-order valence-corrected chi connectivity index (χ1v) is 43.5. The molecule has 20 aromatic carbocycles. The maximum Gasteiger partial charge on any atom is 0.143 e. The summed E-state index contributed by atoms with van der Waals surface area (Å²) in [7, 11) is 0. The molecule has 0 atom stereocenters. The standard InChI is InChI=1S/C66H42N2O2.C54H34N2O2/c1-2-10-51(11-3-1)68-61-15-7-4-12-55(61)58-40-48(28-37-62(58)68)45-20-18-43(19-21-45)44-22-31-52(32-23-44)67(53-33-24-46(25-34-53)49-29-38-65-59(41-49)56-13-5-8-16-63(56)69-65)54-35-26-47(27-36-54)50-30-39-66-60(42-50)57-14-6-9-17-64(57)70-66;1-5-16-49-43(10-1)44-11-2-6-17-50(44)56(49)41-31-29-40(30-32-41)55(38-25-20-35(21-26-38)37-24-33-53-48(34-37)46-13-4-7-18-51(46)57-53)39-27-22-36(23-28-39)42-14-9-15-47-45-12-3-8-19-52(45)58-54(42)47/h1-42H;1-34H. The SMILES string of the molecule is c1ccc(-n2c3ccccc3c3cc(-c4ccc(-c5ccc(N(c6ccc(-c7ccc8oc9ccccc9c8c7)cc6)c6ccc(-c7ccc8oc9ccccc9c8c7)cc6)cc5)cc4)ccc32)cc1.c1ccc2c(c1)oc1ccc(-c3ccc(N(c4ccc(-c5cccc6c5oc5ccccc56)cc4)c4ccc(-n5c6ccccc6c6ccccc65)cc4)cc3)cc12. The second kappa shape index (κ2) is 30.4. The lowest BCUT2D eigenvalue weighted by atomic mass is 9.98. The molecular formula is C120H76N4O4. The van der Waals surface area contributed by atoms with Crippen LogP contribution in [0.15, 0.2) is 479 Å². The van der Waals surface area contributed by atoms with Gasteiger partial charge in [0.25, 0.3) is 0 Å². The Morgan fingerprint density at radius 3 is 0.789 bits per heavy atom. The molecule has 0 aliphatic carbocycles. The van der Waals surface area contributed by atoms with Gasteiger partial charge in [0.05, 0.1) is 22.1 Å². The molecule has 0 saturated carbocycles. The number of nitrogens with zero attached hydrogens (tertiary/aromatic N) is 4. The van der Waals surface area contributed by atoms with Gasteiger partial charge in [0.15, 0.2) is 0 Å². The maximum atomic E-state index is 6.42. The summed E-state index contributed by atoms with van der Waals surface area (Å²) in [5.41, 5.74) is 34.5. The zero-order valence-corrected chi connectivity index (χ0v) is 69.3. The normalized spacial score (nSPS) is 11.8.